The summed E-state index contributed by atoms with van der Waals surface area (Å²) in [5.74, 6) is 0. The predicted octanol–water partition coefficient (Wildman–Crippen LogP) is 5.73. The minimum absolute atomic E-state index is 0.0654. The largest absolute Gasteiger partial charge is 0.269 e. The Hall–Kier alpha value is -2.80. The molecular formula is C23H30N4O2Si. The zero-order valence-corrected chi connectivity index (χ0v) is 19.5. The lowest BCUT2D eigenvalue weighted by Crippen LogP contribution is -2.57. The fraction of sp³-hybridized carbons (Fsp3) is 0.391. The number of hydrogen-bond acceptors (Lipinski definition) is 4. The fourth-order valence-electron chi connectivity index (χ4n) is 5.15. The molecular weight excluding hydrogens is 392 g/mol. The monoisotopic (exact) mass is 422 g/mol. The zero-order chi connectivity index (χ0) is 22.1. The van der Waals surface area contributed by atoms with Gasteiger partial charge in [0.15, 0.2) is 0 Å². The summed E-state index contributed by atoms with van der Waals surface area (Å²) in [6, 6.07) is 16.7. The first-order valence-electron chi connectivity index (χ1n) is 10.5. The van der Waals surface area contributed by atoms with Crippen LogP contribution >= 0.6 is 0 Å². The maximum Gasteiger partial charge on any atom is 0.269 e. The van der Waals surface area contributed by atoms with E-state index in [1.807, 2.05) is 22.9 Å². The molecule has 0 atom stereocenters. The van der Waals surface area contributed by atoms with Gasteiger partial charge in [-0.3, -0.25) is 10.1 Å². The standard InChI is InChI=1S/C23H30N4O2Si/c1-16(2)30(17(3)4,18(5)6)23-22(19-10-8-7-9-11-19)26(25-24-23)20-12-14-21(15-13-20)27(28)29/h7-18H,1-6H3. The van der Waals surface area contributed by atoms with Crippen molar-refractivity contribution in [1.82, 2.24) is 15.0 Å². The third-order valence-electron chi connectivity index (χ3n) is 6.30. The molecule has 0 aliphatic heterocycles. The van der Waals surface area contributed by atoms with Gasteiger partial charge in [-0.1, -0.05) is 77.1 Å². The van der Waals surface area contributed by atoms with Crippen molar-refractivity contribution < 1.29 is 4.92 Å². The van der Waals surface area contributed by atoms with Crippen molar-refractivity contribution in [2.45, 2.75) is 58.2 Å². The molecule has 30 heavy (non-hydrogen) atoms. The Labute approximate surface area is 179 Å². The summed E-state index contributed by atoms with van der Waals surface area (Å²) in [6.07, 6.45) is 0. The van der Waals surface area contributed by atoms with Crippen molar-refractivity contribution in [3.8, 4) is 16.9 Å². The van der Waals surface area contributed by atoms with Crippen LogP contribution in [0.5, 0.6) is 0 Å². The van der Waals surface area contributed by atoms with Gasteiger partial charge in [0.25, 0.3) is 5.69 Å². The van der Waals surface area contributed by atoms with E-state index in [1.165, 1.54) is 12.1 Å². The van der Waals surface area contributed by atoms with Crippen molar-refractivity contribution in [3.05, 3.63) is 64.7 Å². The smallest absolute Gasteiger partial charge is 0.258 e. The highest BCUT2D eigenvalue weighted by molar-refractivity contribution is 6.95. The van der Waals surface area contributed by atoms with E-state index < -0.39 is 8.07 Å². The van der Waals surface area contributed by atoms with E-state index in [1.54, 1.807) is 12.1 Å². The van der Waals surface area contributed by atoms with Gasteiger partial charge in [-0.2, -0.15) is 0 Å². The second-order valence-corrected chi connectivity index (χ2v) is 14.5. The van der Waals surface area contributed by atoms with Gasteiger partial charge in [-0.05, 0) is 28.8 Å². The second kappa shape index (κ2) is 8.51. The number of hydrogen-bond donors (Lipinski definition) is 0. The number of aromatic nitrogens is 3. The number of nitro benzene ring substituents is 1. The van der Waals surface area contributed by atoms with E-state index in [-0.39, 0.29) is 10.6 Å². The predicted molar refractivity (Wildman–Crippen MR) is 124 cm³/mol. The van der Waals surface area contributed by atoms with Crippen LogP contribution in [0.25, 0.3) is 16.9 Å². The molecule has 0 aliphatic rings. The molecule has 2 aromatic carbocycles. The number of non-ortho nitro benzene ring substituents is 1. The number of benzene rings is 2. The van der Waals surface area contributed by atoms with Gasteiger partial charge < -0.3 is 0 Å². The zero-order valence-electron chi connectivity index (χ0n) is 18.5. The molecule has 6 nitrogen and oxygen atoms in total. The molecule has 0 radical (unpaired) electrons. The van der Waals surface area contributed by atoms with E-state index in [0.717, 1.165) is 22.3 Å². The number of nitrogens with zero attached hydrogens (tertiary/aromatic N) is 4. The van der Waals surface area contributed by atoms with Crippen LogP contribution < -0.4 is 5.32 Å². The SMILES string of the molecule is CC(C)[Si](c1nnn(-c2ccc([N+](=O)[O-])cc2)c1-c1ccccc1)(C(C)C)C(C)C. The van der Waals surface area contributed by atoms with Crippen LogP contribution in [-0.2, 0) is 0 Å². The van der Waals surface area contributed by atoms with Gasteiger partial charge in [-0.15, -0.1) is 5.10 Å². The lowest BCUT2D eigenvalue weighted by atomic mass is 10.1. The van der Waals surface area contributed by atoms with E-state index in [2.05, 4.69) is 58.9 Å². The van der Waals surface area contributed by atoms with E-state index in [4.69, 9.17) is 5.10 Å². The molecule has 0 unspecified atom stereocenters. The topological polar surface area (TPSA) is 73.8 Å². The minimum atomic E-state index is -2.07. The van der Waals surface area contributed by atoms with Gasteiger partial charge >= 0.3 is 0 Å². The first kappa shape index (κ1) is 21.9. The van der Waals surface area contributed by atoms with Crippen molar-refractivity contribution in [2.75, 3.05) is 0 Å². The van der Waals surface area contributed by atoms with Crippen molar-refractivity contribution in [1.29, 1.82) is 0 Å². The number of rotatable bonds is 7. The van der Waals surface area contributed by atoms with E-state index in [9.17, 15) is 10.1 Å². The van der Waals surface area contributed by atoms with Gasteiger partial charge in [0.1, 0.15) is 8.07 Å². The first-order chi connectivity index (χ1) is 14.2. The Kier molecular flexibility index (Phi) is 6.21. The molecule has 3 rings (SSSR count). The van der Waals surface area contributed by atoms with Gasteiger partial charge in [0, 0.05) is 17.7 Å². The third-order valence-corrected chi connectivity index (χ3v) is 13.2. The maximum absolute atomic E-state index is 11.1. The molecule has 1 heterocycles. The molecule has 0 bridgehead atoms. The highest BCUT2D eigenvalue weighted by Crippen LogP contribution is 2.42. The van der Waals surface area contributed by atoms with Crippen LogP contribution in [0.4, 0.5) is 5.69 Å². The van der Waals surface area contributed by atoms with Gasteiger partial charge in [-0.25, -0.2) is 4.68 Å². The minimum Gasteiger partial charge on any atom is -0.258 e. The fourth-order valence-corrected chi connectivity index (χ4v) is 11.7. The summed E-state index contributed by atoms with van der Waals surface area (Å²) in [5, 5.41) is 21.6. The summed E-state index contributed by atoms with van der Waals surface area (Å²) >= 11 is 0. The Bertz CT molecular complexity index is 990. The summed E-state index contributed by atoms with van der Waals surface area (Å²) in [4.78, 5) is 10.7. The van der Waals surface area contributed by atoms with Crippen LogP contribution in [0.3, 0.4) is 0 Å². The van der Waals surface area contributed by atoms with Crippen LogP contribution in [0.1, 0.15) is 41.5 Å². The van der Waals surface area contributed by atoms with Crippen molar-refractivity contribution >= 4 is 19.1 Å². The molecule has 0 saturated heterocycles. The highest BCUT2D eigenvalue weighted by atomic mass is 28.3. The number of nitro groups is 1. The van der Waals surface area contributed by atoms with Gasteiger partial charge in [0.2, 0.25) is 0 Å². The Morgan fingerprint density at radius 2 is 1.40 bits per heavy atom. The lowest BCUT2D eigenvalue weighted by molar-refractivity contribution is -0.384. The Morgan fingerprint density at radius 1 is 0.867 bits per heavy atom. The molecule has 0 aliphatic carbocycles. The third kappa shape index (κ3) is 3.58. The second-order valence-electron chi connectivity index (χ2n) is 8.74. The average Bonchev–Trinajstić information content (AvgIpc) is 3.13. The molecule has 0 saturated carbocycles. The Balaban J connectivity index is 2.32. The summed E-state index contributed by atoms with van der Waals surface area (Å²) < 4.78 is 1.85. The molecule has 0 fully saturated rings. The summed E-state index contributed by atoms with van der Waals surface area (Å²) in [5.41, 5.74) is 4.38. The molecule has 1 aromatic heterocycles. The van der Waals surface area contributed by atoms with Crippen LogP contribution in [0.15, 0.2) is 54.6 Å². The van der Waals surface area contributed by atoms with E-state index >= 15 is 0 Å². The first-order valence-corrected chi connectivity index (χ1v) is 12.7. The van der Waals surface area contributed by atoms with Crippen LogP contribution in [0.2, 0.25) is 16.6 Å². The average molecular weight is 423 g/mol. The summed E-state index contributed by atoms with van der Waals surface area (Å²) in [7, 11) is -2.07. The highest BCUT2D eigenvalue weighted by Gasteiger charge is 2.48. The van der Waals surface area contributed by atoms with Crippen molar-refractivity contribution in [2.24, 2.45) is 0 Å². The van der Waals surface area contributed by atoms with E-state index in [0.29, 0.717) is 16.6 Å². The van der Waals surface area contributed by atoms with Crippen molar-refractivity contribution in [3.63, 3.8) is 0 Å². The molecule has 7 heteroatoms. The van der Waals surface area contributed by atoms with Crippen LogP contribution in [0, 0.1) is 10.1 Å². The quantitative estimate of drug-likeness (QED) is 0.277. The maximum atomic E-state index is 11.1. The lowest BCUT2D eigenvalue weighted by Gasteiger charge is -2.42. The molecule has 158 valence electrons. The van der Waals surface area contributed by atoms with Gasteiger partial charge in [0.05, 0.1) is 21.6 Å². The summed E-state index contributed by atoms with van der Waals surface area (Å²) in [6.45, 7) is 13.9. The molecule has 0 spiro atoms. The van der Waals surface area contributed by atoms with Crippen LogP contribution in [-0.4, -0.2) is 28.0 Å². The molecule has 0 amide bonds. The molecule has 0 N–H and O–H groups in total. The normalized spacial score (nSPS) is 12.2. The molecule has 3 aromatic rings. The Morgan fingerprint density at radius 3 is 1.87 bits per heavy atom.